The van der Waals surface area contributed by atoms with E-state index in [2.05, 4.69) is 15.5 Å². The molecule has 0 saturated heterocycles. The lowest BCUT2D eigenvalue weighted by atomic mass is 10.00. The van der Waals surface area contributed by atoms with Crippen LogP contribution in [0.3, 0.4) is 0 Å². The zero-order valence-corrected chi connectivity index (χ0v) is 16.1. The number of nitrogens with zero attached hydrogens (tertiary/aromatic N) is 1. The number of primary amides is 1. The van der Waals surface area contributed by atoms with Crippen LogP contribution in [0.1, 0.15) is 32.7 Å². The van der Waals surface area contributed by atoms with Crippen LogP contribution in [0, 0.1) is 5.82 Å². The van der Waals surface area contributed by atoms with Crippen LogP contribution in [-0.4, -0.2) is 21.9 Å². The van der Waals surface area contributed by atoms with Gasteiger partial charge in [0.05, 0.1) is 17.4 Å². The minimum Gasteiger partial charge on any atom is -0.378 e. The molecule has 0 aliphatic rings. The first kappa shape index (κ1) is 22.0. The molecule has 0 radical (unpaired) electrons. The highest BCUT2D eigenvalue weighted by Crippen LogP contribution is 2.30. The number of carbonyl (C=O) groups is 2. The molecule has 1 heterocycles. The van der Waals surface area contributed by atoms with Gasteiger partial charge in [0.15, 0.2) is 0 Å². The van der Waals surface area contributed by atoms with Gasteiger partial charge in [-0.05, 0) is 28.8 Å². The van der Waals surface area contributed by atoms with Gasteiger partial charge in [0.25, 0.3) is 5.91 Å². The lowest BCUT2D eigenvalue weighted by Crippen LogP contribution is -2.14. The van der Waals surface area contributed by atoms with Gasteiger partial charge in [-0.15, -0.1) is 0 Å². The molecule has 0 unspecified atom stereocenters. The minimum atomic E-state index is -4.65. The highest BCUT2D eigenvalue weighted by atomic mass is 19.4. The van der Waals surface area contributed by atoms with Gasteiger partial charge < -0.3 is 11.1 Å². The number of nitrogens with two attached hydrogens (primary N) is 1. The Morgan fingerprint density at radius 3 is 2.48 bits per heavy atom. The van der Waals surface area contributed by atoms with E-state index < -0.39 is 23.5 Å². The van der Waals surface area contributed by atoms with E-state index in [1.165, 1.54) is 6.20 Å². The summed E-state index contributed by atoms with van der Waals surface area (Å²) in [6.07, 6.45) is -3.55. The number of anilines is 1. The van der Waals surface area contributed by atoms with Crippen molar-refractivity contribution in [2.75, 3.05) is 5.32 Å². The largest absolute Gasteiger partial charge is 0.416 e. The third-order valence-corrected chi connectivity index (χ3v) is 4.53. The van der Waals surface area contributed by atoms with Gasteiger partial charge in [-0.1, -0.05) is 30.3 Å². The average molecular weight is 434 g/mol. The number of H-pyrrole nitrogens is 1. The van der Waals surface area contributed by atoms with Gasteiger partial charge in [0.2, 0.25) is 0 Å². The molecule has 0 aliphatic carbocycles. The van der Waals surface area contributed by atoms with E-state index in [1.807, 2.05) is 0 Å². The minimum absolute atomic E-state index is 0.00739. The lowest BCUT2D eigenvalue weighted by molar-refractivity contribution is -0.137. The number of nitrogens with one attached hydrogen (secondary N) is 2. The van der Waals surface area contributed by atoms with Crippen LogP contribution in [0.25, 0.3) is 0 Å². The summed E-state index contributed by atoms with van der Waals surface area (Å²) >= 11 is 0. The fourth-order valence-corrected chi connectivity index (χ4v) is 3.02. The Hall–Kier alpha value is -3.69. The number of aromatic amines is 1. The van der Waals surface area contributed by atoms with Crippen LogP contribution in [0.4, 0.5) is 23.2 Å². The molecule has 0 spiro atoms. The van der Waals surface area contributed by atoms with Gasteiger partial charge in [-0.3, -0.25) is 14.7 Å². The zero-order chi connectivity index (χ0) is 22.6. The molecule has 10 heteroatoms. The average Bonchev–Trinajstić information content (AvgIpc) is 3.16. The van der Waals surface area contributed by atoms with E-state index in [-0.39, 0.29) is 29.9 Å². The van der Waals surface area contributed by atoms with Crippen molar-refractivity contribution in [3.05, 3.63) is 82.4 Å². The summed E-state index contributed by atoms with van der Waals surface area (Å²) in [5.41, 5.74) is 6.11. The zero-order valence-electron chi connectivity index (χ0n) is 16.1. The number of ketones is 1. The summed E-state index contributed by atoms with van der Waals surface area (Å²) < 4.78 is 51.9. The van der Waals surface area contributed by atoms with E-state index in [0.717, 1.165) is 17.7 Å². The van der Waals surface area contributed by atoms with Gasteiger partial charge in [0, 0.05) is 19.4 Å². The number of halogens is 4. The number of hydrogen-bond donors (Lipinski definition) is 3. The van der Waals surface area contributed by atoms with Crippen molar-refractivity contribution < 1.29 is 27.2 Å². The lowest BCUT2D eigenvalue weighted by Gasteiger charge is -2.10. The highest BCUT2D eigenvalue weighted by molar-refractivity contribution is 5.96. The third kappa shape index (κ3) is 5.68. The van der Waals surface area contributed by atoms with E-state index >= 15 is 0 Å². The Bertz CT molecular complexity index is 1110. The predicted molar refractivity (Wildman–Crippen MR) is 105 cm³/mol. The van der Waals surface area contributed by atoms with Crippen molar-refractivity contribution in [3.8, 4) is 0 Å². The highest BCUT2D eigenvalue weighted by Gasteiger charge is 2.31. The predicted octanol–water partition coefficient (Wildman–Crippen LogP) is 3.63. The molecule has 0 saturated carbocycles. The van der Waals surface area contributed by atoms with Gasteiger partial charge in [-0.2, -0.15) is 18.3 Å². The van der Waals surface area contributed by atoms with Crippen molar-refractivity contribution in [2.24, 2.45) is 5.73 Å². The second kappa shape index (κ2) is 8.99. The van der Waals surface area contributed by atoms with Gasteiger partial charge in [0.1, 0.15) is 17.3 Å². The Morgan fingerprint density at radius 1 is 1.06 bits per heavy atom. The van der Waals surface area contributed by atoms with Crippen molar-refractivity contribution in [1.29, 1.82) is 0 Å². The fourth-order valence-electron chi connectivity index (χ4n) is 3.02. The summed E-state index contributed by atoms with van der Waals surface area (Å²) in [5, 5.41) is 9.26. The van der Waals surface area contributed by atoms with Crippen molar-refractivity contribution in [1.82, 2.24) is 10.2 Å². The first-order valence-electron chi connectivity index (χ1n) is 9.15. The smallest absolute Gasteiger partial charge is 0.378 e. The molecule has 6 nitrogen and oxygen atoms in total. The molecule has 3 rings (SSSR count). The standard InChI is InChI=1S/C21H18F4N4O2/c22-17-9-15(21(23,24)25)5-4-14(17)8-16(30)7-12-2-1-3-13(6-12)10-27-18-11-28-29-19(18)20(26)31/h1-6,9,11,27H,7-8,10H2,(H2,26,31)(H,28,29). The van der Waals surface area contributed by atoms with E-state index in [4.69, 9.17) is 5.73 Å². The maximum absolute atomic E-state index is 14.0. The molecule has 0 atom stereocenters. The molecule has 31 heavy (non-hydrogen) atoms. The van der Waals surface area contributed by atoms with E-state index in [9.17, 15) is 27.2 Å². The molecular weight excluding hydrogens is 416 g/mol. The molecule has 3 aromatic rings. The van der Waals surface area contributed by atoms with Gasteiger partial charge >= 0.3 is 6.18 Å². The molecule has 4 N–H and O–H groups in total. The normalized spacial score (nSPS) is 11.4. The first-order chi connectivity index (χ1) is 14.6. The number of rotatable bonds is 8. The summed E-state index contributed by atoms with van der Waals surface area (Å²) in [7, 11) is 0. The molecule has 2 aromatic carbocycles. The maximum Gasteiger partial charge on any atom is 0.416 e. The van der Waals surface area contributed by atoms with Crippen molar-refractivity contribution in [3.63, 3.8) is 0 Å². The summed E-state index contributed by atoms with van der Waals surface area (Å²) in [4.78, 5) is 23.6. The van der Waals surface area contributed by atoms with Crippen LogP contribution in [-0.2, 0) is 30.4 Å². The monoisotopic (exact) mass is 434 g/mol. The molecule has 0 fully saturated rings. The van der Waals surface area contributed by atoms with Crippen molar-refractivity contribution in [2.45, 2.75) is 25.6 Å². The Kier molecular flexibility index (Phi) is 6.38. The molecule has 162 valence electrons. The van der Waals surface area contributed by atoms with Crippen LogP contribution >= 0.6 is 0 Å². The summed E-state index contributed by atoms with van der Waals surface area (Å²) in [6.45, 7) is 0.329. The quantitative estimate of drug-likeness (QED) is 0.471. The first-order valence-corrected chi connectivity index (χ1v) is 9.15. The van der Waals surface area contributed by atoms with Gasteiger partial charge in [-0.25, -0.2) is 4.39 Å². The number of alkyl halides is 3. The van der Waals surface area contributed by atoms with Crippen LogP contribution in [0.5, 0.6) is 0 Å². The Balaban J connectivity index is 1.62. The molecule has 0 bridgehead atoms. The number of Topliss-reactive ketones (excluding diaryl/α,β-unsaturated/α-hetero) is 1. The van der Waals surface area contributed by atoms with Crippen LogP contribution in [0.2, 0.25) is 0 Å². The topological polar surface area (TPSA) is 101 Å². The van der Waals surface area contributed by atoms with E-state index in [0.29, 0.717) is 23.9 Å². The second-order valence-corrected chi connectivity index (χ2v) is 6.89. The Morgan fingerprint density at radius 2 is 1.81 bits per heavy atom. The number of carbonyl (C=O) groups excluding carboxylic acids is 2. The molecule has 1 aromatic heterocycles. The number of hydrogen-bond acceptors (Lipinski definition) is 4. The summed E-state index contributed by atoms with van der Waals surface area (Å²) in [6, 6.07) is 9.16. The molecule has 1 amide bonds. The second-order valence-electron chi connectivity index (χ2n) is 6.89. The number of aromatic nitrogens is 2. The number of benzene rings is 2. The van der Waals surface area contributed by atoms with E-state index in [1.54, 1.807) is 24.3 Å². The third-order valence-electron chi connectivity index (χ3n) is 4.53. The van der Waals surface area contributed by atoms with Crippen LogP contribution < -0.4 is 11.1 Å². The molecular formula is C21H18F4N4O2. The van der Waals surface area contributed by atoms with Crippen LogP contribution in [0.15, 0.2) is 48.7 Å². The Labute approximate surface area is 174 Å². The van der Waals surface area contributed by atoms with Crippen molar-refractivity contribution >= 4 is 17.4 Å². The SMILES string of the molecule is NC(=O)c1[nH]ncc1NCc1cccc(CC(=O)Cc2ccc(C(F)(F)F)cc2F)c1. The molecule has 0 aliphatic heterocycles. The fraction of sp³-hybridized carbons (Fsp3) is 0.190. The summed E-state index contributed by atoms with van der Waals surface area (Å²) in [5.74, 6) is -2.06. The maximum atomic E-state index is 14.0. The number of amides is 1.